The molecule has 4 aromatic rings. The number of halogens is 1. The van der Waals surface area contributed by atoms with Crippen molar-refractivity contribution in [3.63, 3.8) is 0 Å². The topological polar surface area (TPSA) is 45.7 Å². The highest BCUT2D eigenvalue weighted by Crippen LogP contribution is 2.26. The average molecular weight is 472 g/mol. The molecular formula is C28H26ClN3O2. The second-order valence-electron chi connectivity index (χ2n) is 8.52. The Kier molecular flexibility index (Phi) is 6.37. The van der Waals surface area contributed by atoms with Crippen molar-refractivity contribution in [2.45, 2.75) is 13.5 Å². The van der Waals surface area contributed by atoms with E-state index in [1.807, 2.05) is 77.7 Å². The number of amides is 1. The summed E-state index contributed by atoms with van der Waals surface area (Å²) in [6.45, 7) is 5.39. The lowest BCUT2D eigenvalue weighted by Crippen LogP contribution is -2.49. The van der Waals surface area contributed by atoms with Crippen LogP contribution in [-0.2, 0) is 6.61 Å². The number of carbonyl (C=O) groups is 1. The second-order valence-corrected chi connectivity index (χ2v) is 8.95. The number of aromatic nitrogens is 1. The summed E-state index contributed by atoms with van der Waals surface area (Å²) >= 11 is 6.18. The number of rotatable bonds is 5. The highest BCUT2D eigenvalue weighted by atomic mass is 35.5. The number of benzene rings is 3. The predicted molar refractivity (Wildman–Crippen MR) is 137 cm³/mol. The van der Waals surface area contributed by atoms with Crippen LogP contribution in [0.1, 0.15) is 21.6 Å². The summed E-state index contributed by atoms with van der Waals surface area (Å²) in [5.41, 5.74) is 4.83. The minimum absolute atomic E-state index is 0.0465. The van der Waals surface area contributed by atoms with Crippen LogP contribution >= 0.6 is 11.6 Å². The van der Waals surface area contributed by atoms with Gasteiger partial charge in [0.25, 0.3) is 5.91 Å². The predicted octanol–water partition coefficient (Wildman–Crippen LogP) is 5.74. The summed E-state index contributed by atoms with van der Waals surface area (Å²) in [5.74, 6) is 0.762. The number of pyridine rings is 1. The van der Waals surface area contributed by atoms with Crippen molar-refractivity contribution >= 4 is 34.1 Å². The van der Waals surface area contributed by atoms with E-state index in [9.17, 15) is 4.79 Å². The number of carbonyl (C=O) groups excluding carboxylic acids is 1. The SMILES string of the molecule is Cc1ccc(Cl)cc1N1CCN(C(=O)c2ccc(OCc3ccc4ccccc4n3)cc2)CC1. The van der Waals surface area contributed by atoms with Gasteiger partial charge in [-0.25, -0.2) is 4.98 Å². The average Bonchev–Trinajstić information content (AvgIpc) is 2.89. The number of fused-ring (bicyclic) bond motifs is 1. The summed E-state index contributed by atoms with van der Waals surface area (Å²) in [6, 6.07) is 25.4. The quantitative estimate of drug-likeness (QED) is 0.372. The monoisotopic (exact) mass is 471 g/mol. The van der Waals surface area contributed by atoms with E-state index < -0.39 is 0 Å². The van der Waals surface area contributed by atoms with Crippen LogP contribution < -0.4 is 9.64 Å². The first kappa shape index (κ1) is 22.2. The molecule has 34 heavy (non-hydrogen) atoms. The molecule has 6 heteroatoms. The van der Waals surface area contributed by atoms with Crippen molar-refractivity contribution in [3.8, 4) is 5.75 Å². The lowest BCUT2D eigenvalue weighted by atomic mass is 10.1. The molecule has 5 nitrogen and oxygen atoms in total. The molecule has 0 atom stereocenters. The van der Waals surface area contributed by atoms with Gasteiger partial charge in [-0.3, -0.25) is 4.79 Å². The molecule has 1 aliphatic rings. The molecule has 0 N–H and O–H groups in total. The summed E-state index contributed by atoms with van der Waals surface area (Å²) in [5, 5.41) is 1.84. The molecular weight excluding hydrogens is 446 g/mol. The molecule has 1 saturated heterocycles. The summed E-state index contributed by atoms with van der Waals surface area (Å²) in [7, 11) is 0. The van der Waals surface area contributed by atoms with E-state index >= 15 is 0 Å². The van der Waals surface area contributed by atoms with Crippen molar-refractivity contribution in [2.75, 3.05) is 31.1 Å². The van der Waals surface area contributed by atoms with Gasteiger partial charge < -0.3 is 14.5 Å². The third kappa shape index (κ3) is 4.85. The number of nitrogens with zero attached hydrogens (tertiary/aromatic N) is 3. The van der Waals surface area contributed by atoms with E-state index in [0.29, 0.717) is 31.0 Å². The Morgan fingerprint density at radius 3 is 2.50 bits per heavy atom. The maximum Gasteiger partial charge on any atom is 0.253 e. The zero-order chi connectivity index (χ0) is 23.5. The molecule has 0 saturated carbocycles. The molecule has 172 valence electrons. The van der Waals surface area contributed by atoms with Crippen LogP contribution in [0.2, 0.25) is 5.02 Å². The number of anilines is 1. The van der Waals surface area contributed by atoms with E-state index in [1.54, 1.807) is 0 Å². The Hall–Kier alpha value is -3.57. The molecule has 0 radical (unpaired) electrons. The first-order chi connectivity index (χ1) is 16.6. The van der Waals surface area contributed by atoms with Gasteiger partial charge in [0.05, 0.1) is 11.2 Å². The number of para-hydroxylation sites is 1. The molecule has 1 aromatic heterocycles. The van der Waals surface area contributed by atoms with Crippen LogP contribution in [0.3, 0.4) is 0 Å². The largest absolute Gasteiger partial charge is 0.487 e. The van der Waals surface area contributed by atoms with Gasteiger partial charge >= 0.3 is 0 Å². The minimum Gasteiger partial charge on any atom is -0.487 e. The van der Waals surface area contributed by atoms with Crippen molar-refractivity contribution in [1.29, 1.82) is 0 Å². The smallest absolute Gasteiger partial charge is 0.253 e. The number of hydrogen-bond acceptors (Lipinski definition) is 4. The van der Waals surface area contributed by atoms with E-state index in [4.69, 9.17) is 16.3 Å². The van der Waals surface area contributed by atoms with Gasteiger partial charge in [0.1, 0.15) is 12.4 Å². The lowest BCUT2D eigenvalue weighted by molar-refractivity contribution is 0.0746. The fourth-order valence-corrected chi connectivity index (χ4v) is 4.46. The standard InChI is InChI=1S/C28H26ClN3O2/c1-20-6-10-23(29)18-27(20)31-14-16-32(17-15-31)28(33)22-8-12-25(13-9-22)34-19-24-11-7-21-4-2-3-5-26(21)30-24/h2-13,18H,14-17,19H2,1H3. The molecule has 3 aromatic carbocycles. The van der Waals surface area contributed by atoms with Gasteiger partial charge in [-0.1, -0.05) is 41.9 Å². The Balaban J connectivity index is 1.17. The highest BCUT2D eigenvalue weighted by Gasteiger charge is 2.23. The number of ether oxygens (including phenoxy) is 1. The zero-order valence-electron chi connectivity index (χ0n) is 19.1. The van der Waals surface area contributed by atoms with E-state index in [1.165, 1.54) is 5.56 Å². The van der Waals surface area contributed by atoms with Crippen molar-refractivity contribution in [1.82, 2.24) is 9.88 Å². The Bertz CT molecular complexity index is 1320. The molecule has 0 unspecified atom stereocenters. The summed E-state index contributed by atoms with van der Waals surface area (Å²) in [4.78, 5) is 21.9. The van der Waals surface area contributed by atoms with Crippen LogP contribution in [0.5, 0.6) is 5.75 Å². The van der Waals surface area contributed by atoms with E-state index in [2.05, 4.69) is 22.9 Å². The number of aryl methyl sites for hydroxylation is 1. The summed E-state index contributed by atoms with van der Waals surface area (Å²) in [6.07, 6.45) is 0. The van der Waals surface area contributed by atoms with E-state index in [0.717, 1.165) is 40.4 Å². The van der Waals surface area contributed by atoms with Crippen molar-refractivity contribution in [3.05, 3.63) is 101 Å². The van der Waals surface area contributed by atoms with Crippen molar-refractivity contribution < 1.29 is 9.53 Å². The Labute approximate surface area is 204 Å². The molecule has 2 heterocycles. The molecule has 5 rings (SSSR count). The molecule has 0 bridgehead atoms. The van der Waals surface area contributed by atoms with Crippen LogP contribution in [0, 0.1) is 6.92 Å². The van der Waals surface area contributed by atoms with Crippen LogP contribution in [0.15, 0.2) is 78.9 Å². The van der Waals surface area contributed by atoms with Gasteiger partial charge in [-0.15, -0.1) is 0 Å². The highest BCUT2D eigenvalue weighted by molar-refractivity contribution is 6.30. The number of hydrogen-bond donors (Lipinski definition) is 0. The van der Waals surface area contributed by atoms with Crippen LogP contribution in [-0.4, -0.2) is 42.0 Å². The first-order valence-corrected chi connectivity index (χ1v) is 11.8. The van der Waals surface area contributed by atoms with E-state index in [-0.39, 0.29) is 5.91 Å². The summed E-state index contributed by atoms with van der Waals surface area (Å²) < 4.78 is 5.90. The van der Waals surface area contributed by atoms with Crippen molar-refractivity contribution in [2.24, 2.45) is 0 Å². The Morgan fingerprint density at radius 2 is 1.71 bits per heavy atom. The molecule has 0 aliphatic carbocycles. The van der Waals surface area contributed by atoms with Gasteiger partial charge in [0, 0.05) is 47.8 Å². The third-order valence-corrected chi connectivity index (χ3v) is 6.46. The van der Waals surface area contributed by atoms with Crippen LogP contribution in [0.4, 0.5) is 5.69 Å². The third-order valence-electron chi connectivity index (χ3n) is 6.22. The maximum atomic E-state index is 13.0. The fraction of sp³-hybridized carbons (Fsp3) is 0.214. The normalized spacial score (nSPS) is 13.8. The first-order valence-electron chi connectivity index (χ1n) is 11.4. The van der Waals surface area contributed by atoms with Gasteiger partial charge in [0.15, 0.2) is 0 Å². The maximum absolute atomic E-state index is 13.0. The zero-order valence-corrected chi connectivity index (χ0v) is 19.8. The molecule has 1 aliphatic heterocycles. The van der Waals surface area contributed by atoms with Crippen LogP contribution in [0.25, 0.3) is 10.9 Å². The van der Waals surface area contributed by atoms with Gasteiger partial charge in [0.2, 0.25) is 0 Å². The molecule has 0 spiro atoms. The fourth-order valence-electron chi connectivity index (χ4n) is 4.30. The van der Waals surface area contributed by atoms with Gasteiger partial charge in [-0.05, 0) is 61.0 Å². The minimum atomic E-state index is 0.0465. The van der Waals surface area contributed by atoms with Gasteiger partial charge in [-0.2, -0.15) is 0 Å². The lowest BCUT2D eigenvalue weighted by Gasteiger charge is -2.37. The molecule has 1 amide bonds. The Morgan fingerprint density at radius 1 is 0.941 bits per heavy atom. The second kappa shape index (κ2) is 9.74. The molecule has 1 fully saturated rings. The number of piperazine rings is 1.